The number of amides is 2. The van der Waals surface area contributed by atoms with Gasteiger partial charge >= 0.3 is 0 Å². The molecule has 40 heavy (non-hydrogen) atoms. The monoisotopic (exact) mass is 548 g/mol. The lowest BCUT2D eigenvalue weighted by Crippen LogP contribution is -2.16. The van der Waals surface area contributed by atoms with Crippen molar-refractivity contribution in [3.63, 3.8) is 0 Å². The van der Waals surface area contributed by atoms with Gasteiger partial charge < -0.3 is 0 Å². The number of nitro benzene ring substituents is 2. The van der Waals surface area contributed by atoms with Crippen LogP contribution in [-0.4, -0.2) is 34.1 Å². The molecule has 0 aromatic heterocycles. The number of nitrogens with one attached hydrogen (secondary N) is 2. The highest BCUT2D eigenvalue weighted by atomic mass is 16.6. The van der Waals surface area contributed by atoms with E-state index in [-0.39, 0.29) is 23.2 Å². The number of hydrogen-bond acceptors (Lipinski definition) is 8. The van der Waals surface area contributed by atoms with Crippen LogP contribution in [-0.2, 0) is 9.59 Å². The van der Waals surface area contributed by atoms with Crippen LogP contribution in [0, 0.1) is 20.2 Å². The number of hydrazone groups is 2. The molecule has 0 radical (unpaired) electrons. The molecular formula is C28H32N6O6. The van der Waals surface area contributed by atoms with Crippen LogP contribution in [0.4, 0.5) is 11.4 Å². The Balaban J connectivity index is 1.45. The Morgan fingerprint density at radius 3 is 1.32 bits per heavy atom. The molecular weight excluding hydrogens is 516 g/mol. The maximum absolute atomic E-state index is 11.8. The maximum Gasteiger partial charge on any atom is 0.269 e. The molecule has 2 rings (SSSR count). The molecule has 0 unspecified atom stereocenters. The highest BCUT2D eigenvalue weighted by molar-refractivity contribution is 5.82. The van der Waals surface area contributed by atoms with Crippen LogP contribution in [0.1, 0.15) is 62.5 Å². The quantitative estimate of drug-likeness (QED) is 0.114. The predicted molar refractivity (Wildman–Crippen MR) is 154 cm³/mol. The topological polar surface area (TPSA) is 169 Å². The van der Waals surface area contributed by atoms with E-state index >= 15 is 0 Å². The minimum absolute atomic E-state index is 0.0252. The summed E-state index contributed by atoms with van der Waals surface area (Å²) in [7, 11) is 0. The standard InChI is InChI=1S/C28H32N6O6/c35-27(31-29-21-7-9-23-13-17-25(18-14-23)33(37)38)11-5-3-1-2-4-6-12-28(36)32-30-22-8-10-24-15-19-26(20-16-24)34(39)40/h7-10,13-22H,1-6,11-12H2,(H,31,35)(H,32,36)/b9-7+,10-8+,29-21+,30-22+. The van der Waals surface area contributed by atoms with Gasteiger partial charge in [-0.15, -0.1) is 0 Å². The highest BCUT2D eigenvalue weighted by Crippen LogP contribution is 2.13. The molecule has 0 bridgehead atoms. The Morgan fingerprint density at radius 2 is 0.975 bits per heavy atom. The molecule has 0 aliphatic carbocycles. The van der Waals surface area contributed by atoms with E-state index in [4.69, 9.17) is 0 Å². The number of unbranched alkanes of at least 4 members (excludes halogenated alkanes) is 5. The lowest BCUT2D eigenvalue weighted by Gasteiger charge is -2.02. The third kappa shape index (κ3) is 13.5. The van der Waals surface area contributed by atoms with Crippen LogP contribution >= 0.6 is 0 Å². The van der Waals surface area contributed by atoms with E-state index < -0.39 is 9.85 Å². The first-order valence-corrected chi connectivity index (χ1v) is 12.8. The van der Waals surface area contributed by atoms with Crippen LogP contribution in [0.5, 0.6) is 0 Å². The van der Waals surface area contributed by atoms with Gasteiger partial charge in [0.25, 0.3) is 11.4 Å². The molecule has 12 nitrogen and oxygen atoms in total. The van der Waals surface area contributed by atoms with Gasteiger partial charge in [0.15, 0.2) is 0 Å². The molecule has 2 aromatic rings. The number of hydrogen-bond donors (Lipinski definition) is 2. The smallest absolute Gasteiger partial charge is 0.269 e. The molecule has 2 N–H and O–H groups in total. The van der Waals surface area contributed by atoms with Crippen molar-refractivity contribution in [2.24, 2.45) is 10.2 Å². The second-order valence-electron chi connectivity index (χ2n) is 8.66. The molecule has 0 aliphatic rings. The predicted octanol–water partition coefficient (Wildman–Crippen LogP) is 5.55. The van der Waals surface area contributed by atoms with E-state index in [1.807, 2.05) is 0 Å². The van der Waals surface area contributed by atoms with E-state index in [2.05, 4.69) is 21.1 Å². The number of benzene rings is 2. The average Bonchev–Trinajstić information content (AvgIpc) is 2.94. The molecule has 2 amide bonds. The average molecular weight is 549 g/mol. The van der Waals surface area contributed by atoms with Crippen molar-refractivity contribution in [2.75, 3.05) is 0 Å². The van der Waals surface area contributed by atoms with Gasteiger partial charge in [0.2, 0.25) is 11.8 Å². The Kier molecular flexibility index (Phi) is 14.3. The largest absolute Gasteiger partial charge is 0.273 e. The highest BCUT2D eigenvalue weighted by Gasteiger charge is 2.03. The van der Waals surface area contributed by atoms with Gasteiger partial charge in [-0.2, -0.15) is 10.2 Å². The fourth-order valence-electron chi connectivity index (χ4n) is 3.42. The number of rotatable bonds is 17. The van der Waals surface area contributed by atoms with Gasteiger partial charge in [-0.1, -0.05) is 37.8 Å². The summed E-state index contributed by atoms with van der Waals surface area (Å²) in [5, 5.41) is 29.0. The van der Waals surface area contributed by atoms with Crippen molar-refractivity contribution in [3.05, 3.63) is 92.0 Å². The number of carbonyl (C=O) groups is 2. The van der Waals surface area contributed by atoms with Crippen molar-refractivity contribution >= 4 is 47.8 Å². The summed E-state index contributed by atoms with van der Waals surface area (Å²) in [4.78, 5) is 44.0. The van der Waals surface area contributed by atoms with Crippen LogP contribution < -0.4 is 10.9 Å². The Labute approximate surface area is 231 Å². The molecule has 0 fully saturated rings. The summed E-state index contributed by atoms with van der Waals surface area (Å²) in [5.74, 6) is -0.334. The zero-order valence-corrected chi connectivity index (χ0v) is 22.0. The summed E-state index contributed by atoms with van der Waals surface area (Å²) >= 11 is 0. The summed E-state index contributed by atoms with van der Waals surface area (Å²) in [6, 6.07) is 12.2. The van der Waals surface area contributed by atoms with Gasteiger partial charge in [0.05, 0.1) is 9.85 Å². The first kappa shape index (κ1) is 31.2. The maximum atomic E-state index is 11.8. The summed E-state index contributed by atoms with van der Waals surface area (Å²) < 4.78 is 0. The number of non-ortho nitro benzene ring substituents is 2. The normalized spacial score (nSPS) is 11.5. The van der Waals surface area contributed by atoms with Crippen molar-refractivity contribution in [3.8, 4) is 0 Å². The summed E-state index contributed by atoms with van der Waals surface area (Å²) in [6.45, 7) is 0. The SMILES string of the molecule is O=C(CCCCCCCCC(=O)N/N=C/C=C/c1ccc([N+](=O)[O-])cc1)N/N=C/C=C/c1ccc([N+](=O)[O-])cc1. The molecule has 0 saturated carbocycles. The molecule has 0 spiro atoms. The molecule has 12 heteroatoms. The van der Waals surface area contributed by atoms with E-state index in [1.54, 1.807) is 48.6 Å². The van der Waals surface area contributed by atoms with E-state index in [9.17, 15) is 29.8 Å². The minimum atomic E-state index is -0.458. The molecule has 210 valence electrons. The van der Waals surface area contributed by atoms with Crippen LogP contribution in [0.15, 0.2) is 70.9 Å². The van der Waals surface area contributed by atoms with Crippen molar-refractivity contribution in [1.82, 2.24) is 10.9 Å². The van der Waals surface area contributed by atoms with Crippen molar-refractivity contribution in [2.45, 2.75) is 51.4 Å². The minimum Gasteiger partial charge on any atom is -0.273 e. The Hall–Kier alpha value is -5.00. The zero-order valence-electron chi connectivity index (χ0n) is 22.0. The van der Waals surface area contributed by atoms with Gasteiger partial charge in [-0.25, -0.2) is 10.9 Å². The molecule has 2 aromatic carbocycles. The van der Waals surface area contributed by atoms with E-state index in [0.29, 0.717) is 12.8 Å². The van der Waals surface area contributed by atoms with Crippen molar-refractivity contribution in [1.29, 1.82) is 0 Å². The van der Waals surface area contributed by atoms with Crippen LogP contribution in [0.2, 0.25) is 0 Å². The number of nitro groups is 2. The lowest BCUT2D eigenvalue weighted by molar-refractivity contribution is -0.385. The third-order valence-corrected chi connectivity index (χ3v) is 5.54. The van der Waals surface area contributed by atoms with Crippen molar-refractivity contribution < 1.29 is 19.4 Å². The van der Waals surface area contributed by atoms with Crippen LogP contribution in [0.3, 0.4) is 0 Å². The number of nitrogens with zero attached hydrogens (tertiary/aromatic N) is 4. The van der Waals surface area contributed by atoms with Gasteiger partial charge in [0.1, 0.15) is 0 Å². The van der Waals surface area contributed by atoms with Gasteiger partial charge in [-0.3, -0.25) is 29.8 Å². The molecule has 0 atom stereocenters. The Morgan fingerprint density at radius 1 is 0.625 bits per heavy atom. The third-order valence-electron chi connectivity index (χ3n) is 5.54. The number of allylic oxidation sites excluding steroid dienone is 2. The fourth-order valence-corrected chi connectivity index (χ4v) is 3.42. The molecule has 0 heterocycles. The lowest BCUT2D eigenvalue weighted by atomic mass is 10.1. The van der Waals surface area contributed by atoms with Gasteiger partial charge in [-0.05, 0) is 60.4 Å². The van der Waals surface area contributed by atoms with Gasteiger partial charge in [0, 0.05) is 49.5 Å². The summed E-state index contributed by atoms with van der Waals surface area (Å²) in [6.07, 6.45) is 15.6. The van der Waals surface area contributed by atoms with Crippen LogP contribution in [0.25, 0.3) is 12.2 Å². The van der Waals surface area contributed by atoms with E-state index in [1.165, 1.54) is 36.7 Å². The summed E-state index contributed by atoms with van der Waals surface area (Å²) in [5.41, 5.74) is 6.54. The first-order valence-electron chi connectivity index (χ1n) is 12.8. The fraction of sp³-hybridized carbons (Fsp3) is 0.286. The van der Waals surface area contributed by atoms with E-state index in [0.717, 1.165) is 49.7 Å². The molecule has 0 saturated heterocycles. The zero-order chi connectivity index (χ0) is 29.0. The molecule has 0 aliphatic heterocycles. The first-order chi connectivity index (χ1) is 19.3. The second kappa shape index (κ2) is 18.3. The second-order valence-corrected chi connectivity index (χ2v) is 8.66. The Bertz CT molecular complexity index is 1140. The number of carbonyl (C=O) groups excluding carboxylic acids is 2.